The zero-order valence-corrected chi connectivity index (χ0v) is 13.4. The molecule has 0 saturated carbocycles. The van der Waals surface area contributed by atoms with Gasteiger partial charge in [0.2, 0.25) is 0 Å². The van der Waals surface area contributed by atoms with Crippen LogP contribution in [0.5, 0.6) is 17.2 Å². The first-order valence-corrected chi connectivity index (χ1v) is 7.44. The molecule has 0 saturated heterocycles. The summed E-state index contributed by atoms with van der Waals surface area (Å²) in [4.78, 5) is 17.2. The Morgan fingerprint density at radius 3 is 2.46 bits per heavy atom. The van der Waals surface area contributed by atoms with E-state index in [9.17, 15) is 4.79 Å². The van der Waals surface area contributed by atoms with Crippen LogP contribution in [0.3, 0.4) is 0 Å². The van der Waals surface area contributed by atoms with Gasteiger partial charge >= 0.3 is 5.97 Å². The van der Waals surface area contributed by atoms with Gasteiger partial charge < -0.3 is 19.0 Å². The average Bonchev–Trinajstić information content (AvgIpc) is 2.65. The molecule has 1 aliphatic rings. The molecule has 6 heteroatoms. The largest absolute Gasteiger partial charge is 0.497 e. The summed E-state index contributed by atoms with van der Waals surface area (Å²) >= 11 is 0. The van der Waals surface area contributed by atoms with Gasteiger partial charge in [-0.2, -0.15) is 0 Å². The van der Waals surface area contributed by atoms with Gasteiger partial charge in [-0.1, -0.05) is 5.16 Å². The van der Waals surface area contributed by atoms with Gasteiger partial charge in [0.05, 0.1) is 32.1 Å². The molecule has 3 rings (SSSR count). The van der Waals surface area contributed by atoms with Crippen molar-refractivity contribution in [2.75, 3.05) is 20.8 Å². The minimum Gasteiger partial charge on any atom is -0.497 e. The van der Waals surface area contributed by atoms with E-state index in [0.717, 1.165) is 5.56 Å². The normalized spacial score (nSPS) is 14.5. The van der Waals surface area contributed by atoms with Crippen molar-refractivity contribution in [3.8, 4) is 17.2 Å². The van der Waals surface area contributed by atoms with E-state index in [0.29, 0.717) is 41.6 Å². The Morgan fingerprint density at radius 2 is 1.75 bits per heavy atom. The van der Waals surface area contributed by atoms with Crippen LogP contribution in [0.1, 0.15) is 22.3 Å². The van der Waals surface area contributed by atoms with E-state index in [-0.39, 0.29) is 0 Å². The van der Waals surface area contributed by atoms with Gasteiger partial charge in [-0.05, 0) is 36.4 Å². The van der Waals surface area contributed by atoms with Crippen molar-refractivity contribution in [1.29, 1.82) is 0 Å². The number of fused-ring (bicyclic) bond motifs is 1. The molecule has 124 valence electrons. The zero-order chi connectivity index (χ0) is 16.9. The summed E-state index contributed by atoms with van der Waals surface area (Å²) in [6.07, 6.45) is 0.565. The van der Waals surface area contributed by atoms with Gasteiger partial charge in [-0.15, -0.1) is 0 Å². The molecule has 2 aromatic carbocycles. The number of oxime groups is 1. The van der Waals surface area contributed by atoms with E-state index in [2.05, 4.69) is 5.16 Å². The Labute approximate surface area is 139 Å². The first-order valence-electron chi connectivity index (χ1n) is 7.44. The van der Waals surface area contributed by atoms with Gasteiger partial charge in [0.1, 0.15) is 17.2 Å². The van der Waals surface area contributed by atoms with Crippen LogP contribution in [-0.2, 0) is 4.84 Å². The number of hydrogen-bond acceptors (Lipinski definition) is 6. The zero-order valence-electron chi connectivity index (χ0n) is 13.4. The molecule has 0 spiro atoms. The van der Waals surface area contributed by atoms with E-state index in [1.165, 1.54) is 0 Å². The van der Waals surface area contributed by atoms with Crippen LogP contribution in [0.2, 0.25) is 0 Å². The van der Waals surface area contributed by atoms with Crippen LogP contribution in [-0.4, -0.2) is 32.5 Å². The smallest absolute Gasteiger partial charge is 0.365 e. The summed E-state index contributed by atoms with van der Waals surface area (Å²) in [7, 11) is 3.16. The predicted octanol–water partition coefficient (Wildman–Crippen LogP) is 3.05. The maximum absolute atomic E-state index is 12.1. The molecule has 0 amide bonds. The molecular weight excluding hydrogens is 310 g/mol. The highest BCUT2D eigenvalue weighted by atomic mass is 16.7. The van der Waals surface area contributed by atoms with Gasteiger partial charge in [-0.3, -0.25) is 0 Å². The SMILES string of the molecule is COc1ccc(C(=O)O/N=C2/CCOc3cc(OC)ccc32)cc1. The van der Waals surface area contributed by atoms with Crippen molar-refractivity contribution in [3.05, 3.63) is 53.6 Å². The lowest BCUT2D eigenvalue weighted by Gasteiger charge is -2.19. The molecule has 0 aromatic heterocycles. The van der Waals surface area contributed by atoms with Crippen LogP contribution in [0.15, 0.2) is 47.6 Å². The standard InChI is InChI=1S/C18H17NO5/c1-21-13-5-3-12(4-6-13)18(20)24-19-16-9-10-23-17-11-14(22-2)7-8-15(16)17/h3-8,11H,9-10H2,1-2H3/b19-16-. The second-order valence-electron chi connectivity index (χ2n) is 5.11. The first-order chi connectivity index (χ1) is 11.7. The highest BCUT2D eigenvalue weighted by molar-refractivity contribution is 6.04. The summed E-state index contributed by atoms with van der Waals surface area (Å²) in [5, 5.41) is 4.01. The minimum absolute atomic E-state index is 0.405. The molecule has 0 atom stereocenters. The number of benzene rings is 2. The summed E-state index contributed by atoms with van der Waals surface area (Å²) < 4.78 is 15.8. The minimum atomic E-state index is -0.522. The number of rotatable bonds is 4. The van der Waals surface area contributed by atoms with Gasteiger partial charge in [0, 0.05) is 18.1 Å². The number of methoxy groups -OCH3 is 2. The number of hydrogen-bond donors (Lipinski definition) is 0. The molecule has 6 nitrogen and oxygen atoms in total. The van der Waals surface area contributed by atoms with Gasteiger partial charge in [-0.25, -0.2) is 4.79 Å². The fourth-order valence-electron chi connectivity index (χ4n) is 2.35. The van der Waals surface area contributed by atoms with Crippen molar-refractivity contribution >= 4 is 11.7 Å². The first kappa shape index (κ1) is 15.9. The highest BCUT2D eigenvalue weighted by Crippen LogP contribution is 2.29. The lowest BCUT2D eigenvalue weighted by atomic mass is 10.0. The van der Waals surface area contributed by atoms with Crippen molar-refractivity contribution in [2.45, 2.75) is 6.42 Å². The van der Waals surface area contributed by atoms with Crippen molar-refractivity contribution in [3.63, 3.8) is 0 Å². The van der Waals surface area contributed by atoms with Crippen molar-refractivity contribution in [2.24, 2.45) is 5.16 Å². The third-order valence-electron chi connectivity index (χ3n) is 3.66. The number of nitrogens with zero attached hydrogens (tertiary/aromatic N) is 1. The van der Waals surface area contributed by atoms with Crippen LogP contribution < -0.4 is 14.2 Å². The Bertz CT molecular complexity index is 767. The van der Waals surface area contributed by atoms with Crippen LogP contribution >= 0.6 is 0 Å². The molecule has 24 heavy (non-hydrogen) atoms. The molecule has 0 N–H and O–H groups in total. The van der Waals surface area contributed by atoms with E-state index >= 15 is 0 Å². The van der Waals surface area contributed by atoms with Crippen LogP contribution in [0.4, 0.5) is 0 Å². The number of carbonyl (C=O) groups is 1. The molecule has 1 heterocycles. The van der Waals surface area contributed by atoms with E-state index in [4.69, 9.17) is 19.0 Å². The summed E-state index contributed by atoms with van der Waals surface area (Å²) in [6, 6.07) is 12.1. The van der Waals surface area contributed by atoms with Crippen LogP contribution in [0, 0.1) is 0 Å². The second kappa shape index (κ2) is 7.04. The van der Waals surface area contributed by atoms with Gasteiger partial charge in [0.15, 0.2) is 0 Å². The molecule has 0 aliphatic carbocycles. The predicted molar refractivity (Wildman–Crippen MR) is 88.1 cm³/mol. The van der Waals surface area contributed by atoms with Crippen molar-refractivity contribution in [1.82, 2.24) is 0 Å². The highest BCUT2D eigenvalue weighted by Gasteiger charge is 2.19. The Morgan fingerprint density at radius 1 is 1.04 bits per heavy atom. The molecule has 2 aromatic rings. The average molecular weight is 327 g/mol. The number of ether oxygens (including phenoxy) is 3. The second-order valence-corrected chi connectivity index (χ2v) is 5.11. The lowest BCUT2D eigenvalue weighted by Crippen LogP contribution is -2.17. The molecule has 0 bridgehead atoms. The fraction of sp³-hybridized carbons (Fsp3) is 0.222. The molecule has 0 unspecified atom stereocenters. The fourth-order valence-corrected chi connectivity index (χ4v) is 2.35. The van der Waals surface area contributed by atoms with E-state index in [1.54, 1.807) is 44.6 Å². The summed E-state index contributed by atoms with van der Waals surface area (Å²) in [5.74, 6) is 1.52. The summed E-state index contributed by atoms with van der Waals surface area (Å²) in [5.41, 5.74) is 1.87. The van der Waals surface area contributed by atoms with Crippen LogP contribution in [0.25, 0.3) is 0 Å². The monoisotopic (exact) mass is 327 g/mol. The van der Waals surface area contributed by atoms with E-state index in [1.807, 2.05) is 12.1 Å². The number of carbonyl (C=O) groups excluding carboxylic acids is 1. The molecule has 0 radical (unpaired) electrons. The maximum atomic E-state index is 12.1. The van der Waals surface area contributed by atoms with Gasteiger partial charge in [0.25, 0.3) is 0 Å². The van der Waals surface area contributed by atoms with E-state index < -0.39 is 5.97 Å². The molecule has 0 fully saturated rings. The third kappa shape index (κ3) is 3.32. The maximum Gasteiger partial charge on any atom is 0.365 e. The quantitative estimate of drug-likeness (QED) is 0.638. The Balaban J connectivity index is 1.76. The van der Waals surface area contributed by atoms with Crippen molar-refractivity contribution < 1.29 is 23.8 Å². The molecular formula is C18H17NO5. The molecule has 1 aliphatic heterocycles. The third-order valence-corrected chi connectivity index (χ3v) is 3.66. The summed E-state index contributed by atoms with van der Waals surface area (Å²) in [6.45, 7) is 0.471. The topological polar surface area (TPSA) is 66.4 Å². The Kier molecular flexibility index (Phi) is 4.65. The Hall–Kier alpha value is -3.02. The lowest BCUT2D eigenvalue weighted by molar-refractivity contribution is 0.0514.